The second-order valence-electron chi connectivity index (χ2n) is 6.86. The van der Waals surface area contributed by atoms with Crippen molar-refractivity contribution in [3.05, 3.63) is 89.5 Å². The van der Waals surface area contributed by atoms with Gasteiger partial charge < -0.3 is 0 Å². The number of rotatable bonds is 7. The van der Waals surface area contributed by atoms with Gasteiger partial charge in [-0.15, -0.1) is 0 Å². The molecular weight excluding hydrogens is 504 g/mol. The predicted octanol–water partition coefficient (Wildman–Crippen LogP) is 5.78. The van der Waals surface area contributed by atoms with Crippen LogP contribution in [0.15, 0.2) is 78.4 Å². The van der Waals surface area contributed by atoms with Crippen molar-refractivity contribution in [2.45, 2.75) is 38.2 Å². The first-order chi connectivity index (χ1) is 13.2. The SMILES string of the molecule is CCCCC1(c2ccccc2)C/C(=C\[C](=[W])OC)C=C(c2ccccc2)O1. The van der Waals surface area contributed by atoms with E-state index in [0.29, 0.717) is 0 Å². The molecule has 0 amide bonds. The van der Waals surface area contributed by atoms with Gasteiger partial charge in [0.05, 0.1) is 0 Å². The Kier molecular flexibility index (Phi) is 6.99. The molecule has 0 aromatic heterocycles. The van der Waals surface area contributed by atoms with E-state index in [1.165, 1.54) is 30.5 Å². The minimum absolute atomic E-state index is 0.341. The summed E-state index contributed by atoms with van der Waals surface area (Å²) in [4.78, 5) is 0. The van der Waals surface area contributed by atoms with E-state index in [1.807, 2.05) is 6.07 Å². The van der Waals surface area contributed by atoms with Crippen LogP contribution in [0, 0.1) is 0 Å². The predicted molar refractivity (Wildman–Crippen MR) is 108 cm³/mol. The van der Waals surface area contributed by atoms with Crippen LogP contribution in [0.25, 0.3) is 5.76 Å². The molecule has 140 valence electrons. The van der Waals surface area contributed by atoms with Gasteiger partial charge in [-0.25, -0.2) is 0 Å². The quantitative estimate of drug-likeness (QED) is 0.452. The number of hydrogen-bond acceptors (Lipinski definition) is 2. The Balaban J connectivity index is 2.09. The number of ether oxygens (including phenoxy) is 2. The van der Waals surface area contributed by atoms with Crippen LogP contribution in [0.1, 0.15) is 43.7 Å². The molecule has 0 radical (unpaired) electrons. The molecule has 1 heterocycles. The fourth-order valence-corrected chi connectivity index (χ4v) is 4.07. The zero-order valence-corrected chi connectivity index (χ0v) is 18.9. The summed E-state index contributed by atoms with van der Waals surface area (Å²) in [5.74, 6) is 0.937. The van der Waals surface area contributed by atoms with E-state index in [-0.39, 0.29) is 5.60 Å². The Hall–Kier alpha value is -1.76. The van der Waals surface area contributed by atoms with E-state index in [2.05, 4.69) is 73.7 Å². The molecule has 0 saturated heterocycles. The van der Waals surface area contributed by atoms with Crippen LogP contribution in [0.5, 0.6) is 0 Å². The maximum absolute atomic E-state index is 6.77. The number of allylic oxidation sites excluding steroid dienone is 1. The summed E-state index contributed by atoms with van der Waals surface area (Å²) in [6.45, 7) is 2.23. The Morgan fingerprint density at radius 1 is 1.11 bits per heavy atom. The van der Waals surface area contributed by atoms with E-state index in [1.54, 1.807) is 7.11 Å². The third-order valence-electron chi connectivity index (χ3n) is 4.91. The van der Waals surface area contributed by atoms with Crippen LogP contribution >= 0.6 is 0 Å². The van der Waals surface area contributed by atoms with Crippen molar-refractivity contribution in [3.63, 3.8) is 0 Å². The van der Waals surface area contributed by atoms with Gasteiger partial charge >= 0.3 is 174 Å². The minimum atomic E-state index is -0.341. The summed E-state index contributed by atoms with van der Waals surface area (Å²) in [6.07, 6.45) is 8.47. The molecule has 2 aromatic rings. The Morgan fingerprint density at radius 2 is 1.78 bits per heavy atom. The molecule has 0 bridgehead atoms. The van der Waals surface area contributed by atoms with Crippen LogP contribution in [-0.2, 0) is 34.4 Å². The van der Waals surface area contributed by atoms with Gasteiger partial charge in [-0.2, -0.15) is 0 Å². The molecule has 3 rings (SSSR count). The van der Waals surface area contributed by atoms with Gasteiger partial charge in [0.2, 0.25) is 0 Å². The van der Waals surface area contributed by atoms with Crippen LogP contribution < -0.4 is 0 Å². The molecule has 1 atom stereocenters. The van der Waals surface area contributed by atoms with E-state index < -0.39 is 0 Å². The molecule has 2 aromatic carbocycles. The molecule has 27 heavy (non-hydrogen) atoms. The zero-order valence-electron chi connectivity index (χ0n) is 16.0. The van der Waals surface area contributed by atoms with Crippen LogP contribution in [0.3, 0.4) is 0 Å². The van der Waals surface area contributed by atoms with E-state index in [0.717, 1.165) is 41.1 Å². The van der Waals surface area contributed by atoms with Crippen molar-refractivity contribution in [2.24, 2.45) is 0 Å². The van der Waals surface area contributed by atoms with Crippen LogP contribution in [0.2, 0.25) is 0 Å². The molecule has 2 nitrogen and oxygen atoms in total. The molecular formula is C24H26O2W. The summed E-state index contributed by atoms with van der Waals surface area (Å²) in [5, 5.41) is 0. The van der Waals surface area contributed by atoms with Gasteiger partial charge in [-0.1, -0.05) is 0 Å². The van der Waals surface area contributed by atoms with E-state index >= 15 is 0 Å². The van der Waals surface area contributed by atoms with Crippen LogP contribution in [0.4, 0.5) is 0 Å². The second-order valence-corrected chi connectivity index (χ2v) is 8.31. The first kappa shape index (κ1) is 20.0. The Morgan fingerprint density at radius 3 is 2.41 bits per heavy atom. The normalized spacial score (nSPS) is 20.8. The molecule has 3 heteroatoms. The molecule has 0 aliphatic carbocycles. The summed E-state index contributed by atoms with van der Waals surface area (Å²) in [7, 11) is 1.74. The number of unbranched alkanes of at least 4 members (excludes halogenated alkanes) is 1. The van der Waals surface area contributed by atoms with Gasteiger partial charge in [0.1, 0.15) is 0 Å². The Labute approximate surface area is 173 Å². The average molecular weight is 530 g/mol. The first-order valence-corrected chi connectivity index (χ1v) is 10.9. The second kappa shape index (κ2) is 9.44. The van der Waals surface area contributed by atoms with Crippen molar-refractivity contribution in [1.82, 2.24) is 0 Å². The summed E-state index contributed by atoms with van der Waals surface area (Å²) in [5.41, 5.74) is 3.27. The molecule has 0 spiro atoms. The van der Waals surface area contributed by atoms with Crippen molar-refractivity contribution in [3.8, 4) is 0 Å². The van der Waals surface area contributed by atoms with Gasteiger partial charge in [-0.05, 0) is 0 Å². The molecule has 0 N–H and O–H groups in total. The fourth-order valence-electron chi connectivity index (χ4n) is 3.52. The number of methoxy groups -OCH3 is 1. The number of benzene rings is 2. The monoisotopic (exact) mass is 530 g/mol. The summed E-state index contributed by atoms with van der Waals surface area (Å²) >= 11 is 1.33. The van der Waals surface area contributed by atoms with E-state index in [4.69, 9.17) is 9.47 Å². The van der Waals surface area contributed by atoms with Crippen molar-refractivity contribution >= 4 is 9.84 Å². The Bertz CT molecular complexity index is 824. The van der Waals surface area contributed by atoms with Crippen molar-refractivity contribution in [2.75, 3.05) is 7.11 Å². The van der Waals surface area contributed by atoms with Gasteiger partial charge in [0, 0.05) is 0 Å². The summed E-state index contributed by atoms with van der Waals surface area (Å²) in [6, 6.07) is 21.0. The fraction of sp³-hybridized carbons (Fsp3) is 0.292. The molecule has 1 aliphatic heterocycles. The van der Waals surface area contributed by atoms with Gasteiger partial charge in [-0.3, -0.25) is 0 Å². The van der Waals surface area contributed by atoms with Crippen molar-refractivity contribution in [1.29, 1.82) is 0 Å². The third kappa shape index (κ3) is 4.94. The van der Waals surface area contributed by atoms with Gasteiger partial charge in [0.15, 0.2) is 0 Å². The first-order valence-electron chi connectivity index (χ1n) is 9.47. The average Bonchev–Trinajstić information content (AvgIpc) is 2.73. The number of hydrogen-bond donors (Lipinski definition) is 0. The molecule has 1 unspecified atom stereocenters. The standard InChI is InChI=1S/C24H26O2.W/c1-3-4-16-24(22-13-9-6-10-14-22)19-20(15-17-25-2)18-23(26-24)21-11-7-5-8-12-21;/h5-15,18H,3-4,16,19H2,1-2H3;/b20-15-;. The van der Waals surface area contributed by atoms with Gasteiger partial charge in [0.25, 0.3) is 0 Å². The third-order valence-corrected chi connectivity index (χ3v) is 5.93. The molecule has 0 fully saturated rings. The maximum atomic E-state index is 6.77. The zero-order chi connectivity index (χ0) is 19.1. The topological polar surface area (TPSA) is 18.5 Å². The molecule has 1 aliphatic rings. The summed E-state index contributed by atoms with van der Waals surface area (Å²) < 4.78 is 13.2. The van der Waals surface area contributed by atoms with Crippen molar-refractivity contribution < 1.29 is 28.8 Å². The van der Waals surface area contributed by atoms with Crippen LogP contribution in [-0.4, -0.2) is 11.2 Å². The van der Waals surface area contributed by atoms with E-state index in [9.17, 15) is 0 Å². The molecule has 0 saturated carbocycles.